The van der Waals surface area contributed by atoms with E-state index in [9.17, 15) is 0 Å². The van der Waals surface area contributed by atoms with Crippen LogP contribution in [0, 0.1) is 0 Å². The van der Waals surface area contributed by atoms with E-state index in [-0.39, 0.29) is 34.8 Å². The Morgan fingerprint density at radius 1 is 0.727 bits per heavy atom. The summed E-state index contributed by atoms with van der Waals surface area (Å²) >= 11 is 0. The zero-order valence-corrected chi connectivity index (χ0v) is 10.00. The van der Waals surface area contributed by atoms with Crippen LogP contribution >= 0.6 is 0 Å². The minimum absolute atomic E-state index is 0.130. The van der Waals surface area contributed by atoms with Crippen LogP contribution in [-0.4, -0.2) is 32.4 Å². The Morgan fingerprint density at radius 2 is 1.18 bits per heavy atom. The first-order valence-corrected chi connectivity index (χ1v) is 5.09. The van der Waals surface area contributed by atoms with Crippen LogP contribution in [0.2, 0.25) is 0 Å². The minimum Gasteiger partial charge on any atom is -0.327 e. The van der Waals surface area contributed by atoms with Crippen molar-refractivity contribution < 1.29 is 18.9 Å². The number of nitrogens with zero attached hydrogens (tertiary/aromatic N) is 12. The molecule has 2 aromatic rings. The summed E-state index contributed by atoms with van der Waals surface area (Å²) in [6.45, 7) is 0. The first-order chi connectivity index (χ1) is 10.8. The molecule has 0 unspecified atom stereocenters. The summed E-state index contributed by atoms with van der Waals surface area (Å²) in [7, 11) is 0. The molecule has 0 saturated heterocycles. The van der Waals surface area contributed by atoms with Crippen LogP contribution in [0.1, 0.15) is 11.4 Å². The lowest BCUT2D eigenvalue weighted by Gasteiger charge is -2.07. The molecular formula is C6N12O4. The van der Waals surface area contributed by atoms with Gasteiger partial charge >= 0.3 is 11.8 Å². The molecule has 0 bridgehead atoms. The highest BCUT2D eigenvalue weighted by Gasteiger charge is 2.26. The molecule has 0 radical (unpaired) electrons. The molecule has 0 fully saturated rings. The van der Waals surface area contributed by atoms with Crippen molar-refractivity contribution in [3.63, 3.8) is 0 Å². The predicted octanol–water partition coefficient (Wildman–Crippen LogP) is 1.41. The van der Waals surface area contributed by atoms with Gasteiger partial charge in [0.25, 0.3) is 0 Å². The Bertz CT molecular complexity index is 792. The van der Waals surface area contributed by atoms with Crippen LogP contribution in [0.15, 0.2) is 29.8 Å². The van der Waals surface area contributed by atoms with Crippen molar-refractivity contribution in [2.24, 2.45) is 20.5 Å². The Morgan fingerprint density at radius 3 is 1.55 bits per heavy atom. The van der Waals surface area contributed by atoms with Crippen LogP contribution in [-0.2, 0) is 9.68 Å². The average Bonchev–Trinajstić information content (AvgIpc) is 3.18. The fraction of sp³-hybridized carbons (Fsp3) is 0. The second-order valence-electron chi connectivity index (χ2n) is 3.23. The molecule has 3 rings (SSSR count). The lowest BCUT2D eigenvalue weighted by Crippen LogP contribution is -2.16. The van der Waals surface area contributed by atoms with Crippen LogP contribution in [0.3, 0.4) is 0 Å². The number of hydrogen-bond acceptors (Lipinski definition) is 12. The molecule has 22 heavy (non-hydrogen) atoms. The lowest BCUT2D eigenvalue weighted by molar-refractivity contribution is 0.214. The fourth-order valence-electron chi connectivity index (χ4n) is 1.23. The summed E-state index contributed by atoms with van der Waals surface area (Å²) in [5.41, 5.74) is 16.4. The molecule has 16 nitrogen and oxygen atoms in total. The molecule has 0 spiro atoms. The van der Waals surface area contributed by atoms with Gasteiger partial charge in [0.05, 0.1) is 0 Å². The maximum absolute atomic E-state index is 8.35. The summed E-state index contributed by atoms with van der Waals surface area (Å²) in [5, 5.41) is 27.0. The van der Waals surface area contributed by atoms with Gasteiger partial charge in [-0.2, -0.15) is 0 Å². The fourth-order valence-corrected chi connectivity index (χ4v) is 1.23. The Balaban J connectivity index is 1.85. The smallest absolute Gasteiger partial charge is 0.315 e. The third-order valence-corrected chi connectivity index (χ3v) is 2.06. The standard InChI is InChI=1S/C6N12O4/c7-17-9-3-1(11-21-13-3)5-15-20-6(16-19-5)2-4(10-18-8)14-22-12-2. The summed E-state index contributed by atoms with van der Waals surface area (Å²) in [6.07, 6.45) is 0. The van der Waals surface area contributed by atoms with Gasteiger partial charge in [-0.3, -0.25) is 0 Å². The van der Waals surface area contributed by atoms with Gasteiger partial charge in [0, 0.05) is 9.82 Å². The number of hydrogen-bond donors (Lipinski definition) is 0. The number of rotatable bonds is 4. The summed E-state index contributed by atoms with van der Waals surface area (Å²) < 4.78 is 8.76. The number of azide groups is 2. The molecule has 1 aliphatic rings. The molecule has 108 valence electrons. The van der Waals surface area contributed by atoms with Crippen molar-refractivity contribution in [2.45, 2.75) is 0 Å². The van der Waals surface area contributed by atoms with Gasteiger partial charge < -0.3 is 9.68 Å². The topological polar surface area (TPSA) is 219 Å². The minimum atomic E-state index is -0.283. The van der Waals surface area contributed by atoms with Gasteiger partial charge in [0.15, 0.2) is 0 Å². The van der Waals surface area contributed by atoms with Crippen LogP contribution < -0.4 is 0 Å². The van der Waals surface area contributed by atoms with Crippen LogP contribution in [0.5, 0.6) is 0 Å². The van der Waals surface area contributed by atoms with E-state index in [4.69, 9.17) is 20.7 Å². The molecule has 2 aromatic heterocycles. The third kappa shape index (κ3) is 2.20. The zero-order chi connectivity index (χ0) is 15.4. The average molecular weight is 304 g/mol. The van der Waals surface area contributed by atoms with E-state index >= 15 is 0 Å². The summed E-state index contributed by atoms with van der Waals surface area (Å²) in [4.78, 5) is 14.8. The van der Waals surface area contributed by atoms with Crippen molar-refractivity contribution in [3.05, 3.63) is 32.3 Å². The molecule has 0 amide bonds. The maximum atomic E-state index is 8.35. The highest BCUT2D eigenvalue weighted by atomic mass is 16.7. The SMILES string of the molecule is [N-]=[N+]=Nc1nonc1C1=NOC(c2nonc2N=[N+]=[N-])=NO1. The van der Waals surface area contributed by atoms with Gasteiger partial charge in [-0.05, 0) is 52.2 Å². The van der Waals surface area contributed by atoms with Gasteiger partial charge in [0.2, 0.25) is 23.0 Å². The van der Waals surface area contributed by atoms with Gasteiger partial charge in [-0.15, -0.1) is 0 Å². The highest BCUT2D eigenvalue weighted by Crippen LogP contribution is 2.21. The van der Waals surface area contributed by atoms with E-state index in [1.54, 1.807) is 0 Å². The van der Waals surface area contributed by atoms with E-state index < -0.39 is 0 Å². The number of aromatic nitrogens is 4. The molecule has 0 aromatic carbocycles. The molecule has 0 N–H and O–H groups in total. The normalized spacial score (nSPS) is 12.9. The van der Waals surface area contributed by atoms with E-state index in [1.165, 1.54) is 0 Å². The largest absolute Gasteiger partial charge is 0.327 e. The maximum Gasteiger partial charge on any atom is 0.315 e. The third-order valence-electron chi connectivity index (χ3n) is 2.06. The highest BCUT2D eigenvalue weighted by molar-refractivity contribution is 6.01. The molecule has 0 aliphatic carbocycles. The van der Waals surface area contributed by atoms with Crippen molar-refractivity contribution in [1.29, 1.82) is 0 Å². The van der Waals surface area contributed by atoms with Crippen LogP contribution in [0.4, 0.5) is 11.6 Å². The molecule has 0 atom stereocenters. The van der Waals surface area contributed by atoms with E-state index in [2.05, 4.69) is 60.2 Å². The van der Waals surface area contributed by atoms with Crippen molar-refractivity contribution >= 4 is 23.4 Å². The van der Waals surface area contributed by atoms with Crippen molar-refractivity contribution in [1.82, 2.24) is 20.6 Å². The Labute approximate surface area is 117 Å². The predicted molar refractivity (Wildman–Crippen MR) is 61.5 cm³/mol. The van der Waals surface area contributed by atoms with Crippen molar-refractivity contribution in [2.75, 3.05) is 0 Å². The number of oxime groups is 2. The summed E-state index contributed by atoms with van der Waals surface area (Å²) in [5.74, 6) is -1.01. The Hall–Kier alpha value is -4.16. The lowest BCUT2D eigenvalue weighted by atomic mass is 10.4. The molecular weight excluding hydrogens is 304 g/mol. The van der Waals surface area contributed by atoms with Crippen molar-refractivity contribution in [3.8, 4) is 0 Å². The molecule has 16 heteroatoms. The second-order valence-corrected chi connectivity index (χ2v) is 3.23. The summed E-state index contributed by atoms with van der Waals surface area (Å²) in [6, 6.07) is 0. The zero-order valence-electron chi connectivity index (χ0n) is 10.00. The van der Waals surface area contributed by atoms with Gasteiger partial charge in [0.1, 0.15) is 0 Å². The monoisotopic (exact) mass is 304 g/mol. The van der Waals surface area contributed by atoms with Gasteiger partial charge in [-0.25, -0.2) is 9.26 Å². The molecule has 1 aliphatic heterocycles. The Kier molecular flexibility index (Phi) is 3.18. The van der Waals surface area contributed by atoms with E-state index in [0.29, 0.717) is 0 Å². The second kappa shape index (κ2) is 5.45. The molecule has 0 saturated carbocycles. The van der Waals surface area contributed by atoms with Crippen LogP contribution in [0.25, 0.3) is 20.9 Å². The van der Waals surface area contributed by atoms with E-state index in [0.717, 1.165) is 0 Å². The molecule has 3 heterocycles. The quantitative estimate of drug-likeness (QED) is 0.455. The first kappa shape index (κ1) is 12.9. The first-order valence-electron chi connectivity index (χ1n) is 5.09. The van der Waals surface area contributed by atoms with Gasteiger partial charge in [-0.1, -0.05) is 0 Å². The van der Waals surface area contributed by atoms with E-state index in [1.807, 2.05) is 0 Å².